The number of H-pyrrole nitrogens is 1. The van der Waals surface area contributed by atoms with Crippen molar-refractivity contribution in [1.82, 2.24) is 9.97 Å². The molecule has 82 valence electrons. The van der Waals surface area contributed by atoms with Crippen molar-refractivity contribution >= 4 is 26.8 Å². The van der Waals surface area contributed by atoms with Gasteiger partial charge in [-0.1, -0.05) is 15.9 Å². The molecule has 0 aliphatic heterocycles. The van der Waals surface area contributed by atoms with E-state index < -0.39 is 0 Å². The summed E-state index contributed by atoms with van der Waals surface area (Å²) in [7, 11) is 0. The van der Waals surface area contributed by atoms with Crippen LogP contribution in [0, 0.1) is 6.92 Å². The van der Waals surface area contributed by atoms with E-state index in [1.807, 2.05) is 13.0 Å². The Morgan fingerprint density at radius 2 is 2.12 bits per heavy atom. The third-order valence-corrected chi connectivity index (χ3v) is 3.84. The van der Waals surface area contributed by atoms with Crippen molar-refractivity contribution < 1.29 is 0 Å². The van der Waals surface area contributed by atoms with Crippen molar-refractivity contribution in [1.29, 1.82) is 0 Å². The summed E-state index contributed by atoms with van der Waals surface area (Å²) in [6.07, 6.45) is 3.27. The third-order valence-electron chi connectivity index (χ3n) is 3.14. The van der Waals surface area contributed by atoms with E-state index in [9.17, 15) is 4.79 Å². The second-order valence-electron chi connectivity index (χ2n) is 4.22. The van der Waals surface area contributed by atoms with Gasteiger partial charge in [0.1, 0.15) is 5.82 Å². The fourth-order valence-electron chi connectivity index (χ4n) is 2.44. The van der Waals surface area contributed by atoms with Gasteiger partial charge >= 0.3 is 0 Å². The van der Waals surface area contributed by atoms with Crippen LogP contribution in [0.2, 0.25) is 0 Å². The maximum atomic E-state index is 11.8. The van der Waals surface area contributed by atoms with E-state index >= 15 is 0 Å². The fraction of sp³-hybridized carbons (Fsp3) is 0.333. The topological polar surface area (TPSA) is 45.8 Å². The molecule has 1 heterocycles. The first kappa shape index (κ1) is 10.0. The highest BCUT2D eigenvalue weighted by Crippen LogP contribution is 2.33. The molecule has 3 nitrogen and oxygen atoms in total. The third kappa shape index (κ3) is 1.33. The summed E-state index contributed by atoms with van der Waals surface area (Å²) in [6.45, 7) is 1.82. The number of aryl methyl sites for hydroxylation is 2. The van der Waals surface area contributed by atoms with E-state index in [4.69, 9.17) is 0 Å². The van der Waals surface area contributed by atoms with E-state index in [2.05, 4.69) is 25.9 Å². The molecule has 3 rings (SSSR count). The molecular formula is C12H11BrN2O. The smallest absolute Gasteiger partial charge is 0.258 e. The molecule has 1 aromatic heterocycles. The van der Waals surface area contributed by atoms with Crippen LogP contribution in [0.4, 0.5) is 0 Å². The standard InChI is InChI=1S/C12H11BrN2O/c1-6-14-11-8-4-2-3-7(8)10(13)5-9(11)12(16)15-6/h5H,2-4H2,1H3,(H,14,15,16). The Kier molecular flexibility index (Phi) is 2.14. The van der Waals surface area contributed by atoms with Gasteiger partial charge < -0.3 is 4.98 Å². The van der Waals surface area contributed by atoms with Crippen LogP contribution in [0.15, 0.2) is 15.3 Å². The van der Waals surface area contributed by atoms with Crippen molar-refractivity contribution in [3.63, 3.8) is 0 Å². The lowest BCUT2D eigenvalue weighted by atomic mass is 10.1. The van der Waals surface area contributed by atoms with Crippen LogP contribution in [0.1, 0.15) is 23.4 Å². The quantitative estimate of drug-likeness (QED) is 0.805. The number of fused-ring (bicyclic) bond motifs is 3. The van der Waals surface area contributed by atoms with Gasteiger partial charge in [-0.05, 0) is 43.4 Å². The number of aromatic nitrogens is 2. The van der Waals surface area contributed by atoms with E-state index in [0.717, 1.165) is 29.3 Å². The van der Waals surface area contributed by atoms with Crippen molar-refractivity contribution in [2.24, 2.45) is 0 Å². The molecule has 0 unspecified atom stereocenters. The Labute approximate surface area is 101 Å². The monoisotopic (exact) mass is 278 g/mol. The number of nitrogens with zero attached hydrogens (tertiary/aromatic N) is 1. The Balaban J connectivity index is 2.53. The van der Waals surface area contributed by atoms with Crippen LogP contribution in [-0.2, 0) is 12.8 Å². The molecule has 0 spiro atoms. The number of halogens is 1. The number of benzene rings is 1. The van der Waals surface area contributed by atoms with E-state index in [1.165, 1.54) is 11.1 Å². The summed E-state index contributed by atoms with van der Waals surface area (Å²) in [5.41, 5.74) is 3.42. The molecule has 0 atom stereocenters. The average molecular weight is 279 g/mol. The van der Waals surface area contributed by atoms with Crippen molar-refractivity contribution in [3.05, 3.63) is 37.8 Å². The van der Waals surface area contributed by atoms with E-state index in [-0.39, 0.29) is 5.56 Å². The van der Waals surface area contributed by atoms with Crippen molar-refractivity contribution in [3.8, 4) is 0 Å². The average Bonchev–Trinajstić information content (AvgIpc) is 2.69. The van der Waals surface area contributed by atoms with Crippen LogP contribution >= 0.6 is 15.9 Å². The summed E-state index contributed by atoms with van der Waals surface area (Å²) < 4.78 is 1.05. The zero-order valence-corrected chi connectivity index (χ0v) is 10.5. The number of hydrogen-bond acceptors (Lipinski definition) is 2. The molecule has 2 aromatic rings. The largest absolute Gasteiger partial charge is 0.310 e. The summed E-state index contributed by atoms with van der Waals surface area (Å²) in [5, 5.41) is 0.693. The first-order valence-corrected chi connectivity index (χ1v) is 6.17. The molecule has 16 heavy (non-hydrogen) atoms. The van der Waals surface area contributed by atoms with Crippen LogP contribution in [0.25, 0.3) is 10.9 Å². The molecule has 0 saturated heterocycles. The summed E-state index contributed by atoms with van der Waals surface area (Å²) >= 11 is 3.54. The Bertz CT molecular complexity index is 645. The lowest BCUT2D eigenvalue weighted by molar-refractivity contribution is 0.910. The van der Waals surface area contributed by atoms with Gasteiger partial charge in [0.15, 0.2) is 0 Å². The van der Waals surface area contributed by atoms with Gasteiger partial charge in [-0.15, -0.1) is 0 Å². The van der Waals surface area contributed by atoms with E-state index in [1.54, 1.807) is 0 Å². The molecule has 1 aliphatic carbocycles. The molecule has 1 N–H and O–H groups in total. The predicted octanol–water partition coefficient (Wildman–Crippen LogP) is 2.48. The normalized spacial score (nSPS) is 14.4. The van der Waals surface area contributed by atoms with Gasteiger partial charge in [0.25, 0.3) is 5.56 Å². The van der Waals surface area contributed by atoms with Crippen LogP contribution in [0.5, 0.6) is 0 Å². The number of aromatic amines is 1. The summed E-state index contributed by atoms with van der Waals surface area (Å²) in [4.78, 5) is 19.1. The highest BCUT2D eigenvalue weighted by Gasteiger charge is 2.19. The van der Waals surface area contributed by atoms with Crippen LogP contribution in [-0.4, -0.2) is 9.97 Å². The van der Waals surface area contributed by atoms with Gasteiger partial charge in [0, 0.05) is 4.47 Å². The minimum Gasteiger partial charge on any atom is -0.310 e. The molecule has 0 saturated carbocycles. The Hall–Kier alpha value is -1.16. The molecule has 1 aromatic carbocycles. The van der Waals surface area contributed by atoms with Crippen molar-refractivity contribution in [2.75, 3.05) is 0 Å². The predicted molar refractivity (Wildman–Crippen MR) is 66.8 cm³/mol. The minimum atomic E-state index is -0.0436. The first-order valence-electron chi connectivity index (χ1n) is 5.37. The van der Waals surface area contributed by atoms with Gasteiger partial charge in [0.2, 0.25) is 0 Å². The molecule has 0 amide bonds. The minimum absolute atomic E-state index is 0.0436. The van der Waals surface area contributed by atoms with Gasteiger partial charge in [0.05, 0.1) is 10.9 Å². The molecule has 0 bridgehead atoms. The summed E-state index contributed by atoms with van der Waals surface area (Å²) in [6, 6.07) is 1.89. The SMILES string of the molecule is Cc1nc2c3c(c(Br)cc2c(=O)[nH]1)CCC3. The number of rotatable bonds is 0. The lowest BCUT2D eigenvalue weighted by Gasteiger charge is -2.07. The van der Waals surface area contributed by atoms with Gasteiger partial charge in [-0.2, -0.15) is 0 Å². The molecule has 0 fully saturated rings. The molecular weight excluding hydrogens is 268 g/mol. The Morgan fingerprint density at radius 1 is 1.38 bits per heavy atom. The zero-order valence-electron chi connectivity index (χ0n) is 8.93. The first-order chi connectivity index (χ1) is 7.66. The van der Waals surface area contributed by atoms with Crippen molar-refractivity contribution in [2.45, 2.75) is 26.2 Å². The maximum Gasteiger partial charge on any atom is 0.258 e. The maximum absolute atomic E-state index is 11.8. The zero-order chi connectivity index (χ0) is 11.3. The number of hydrogen-bond donors (Lipinski definition) is 1. The summed E-state index contributed by atoms with van der Waals surface area (Å²) in [5.74, 6) is 0.689. The fourth-order valence-corrected chi connectivity index (χ4v) is 3.11. The van der Waals surface area contributed by atoms with Crippen LogP contribution < -0.4 is 5.56 Å². The number of nitrogens with one attached hydrogen (secondary N) is 1. The lowest BCUT2D eigenvalue weighted by Crippen LogP contribution is -2.11. The molecule has 1 aliphatic rings. The van der Waals surface area contributed by atoms with E-state index in [0.29, 0.717) is 11.2 Å². The highest BCUT2D eigenvalue weighted by atomic mass is 79.9. The van der Waals surface area contributed by atoms with Gasteiger partial charge in [-0.3, -0.25) is 4.79 Å². The Morgan fingerprint density at radius 3 is 2.94 bits per heavy atom. The molecule has 4 heteroatoms. The highest BCUT2D eigenvalue weighted by molar-refractivity contribution is 9.10. The second-order valence-corrected chi connectivity index (χ2v) is 5.07. The van der Waals surface area contributed by atoms with Gasteiger partial charge in [-0.25, -0.2) is 4.98 Å². The molecule has 0 radical (unpaired) electrons. The van der Waals surface area contributed by atoms with Crippen LogP contribution in [0.3, 0.4) is 0 Å². The second kappa shape index (κ2) is 3.42.